The molecule has 26 heavy (non-hydrogen) atoms. The highest BCUT2D eigenvalue weighted by molar-refractivity contribution is 6.00. The second-order valence-electron chi connectivity index (χ2n) is 7.87. The first-order valence-electron chi connectivity index (χ1n) is 9.10. The molecule has 8 nitrogen and oxygen atoms in total. The normalized spacial score (nSPS) is 49.2. The van der Waals surface area contributed by atoms with Gasteiger partial charge in [0, 0.05) is 12.3 Å². The number of aliphatic hydroxyl groups excluding tert-OH is 1. The number of Topliss-reactive ketones (excluding diaryl/α,β-unsaturated/α-hetero) is 1. The summed E-state index contributed by atoms with van der Waals surface area (Å²) in [7, 11) is 0. The van der Waals surface area contributed by atoms with E-state index in [0.29, 0.717) is 12.2 Å². The van der Waals surface area contributed by atoms with Gasteiger partial charge in [0.25, 0.3) is 6.45 Å². The maximum absolute atomic E-state index is 12.7. The molecule has 8 heteroatoms. The highest BCUT2D eigenvalue weighted by Gasteiger charge is 2.84. The van der Waals surface area contributed by atoms with Crippen LogP contribution in [0.15, 0.2) is 11.6 Å². The SMILES string of the molecule is [2H]C(=O)O[C@@H]1C[C@]2(C)[C@@]3(COC(C)=O)[C@H](O)C(=O)C(C)=C[C@H]3O[C@H]1[C@@]21CO1. The van der Waals surface area contributed by atoms with Gasteiger partial charge in [-0.25, -0.2) is 0 Å². The number of epoxide rings is 1. The minimum atomic E-state index is -1.47. The quantitative estimate of drug-likeness (QED) is 0.419. The fourth-order valence-corrected chi connectivity index (χ4v) is 5.34. The van der Waals surface area contributed by atoms with Crippen LogP contribution in [-0.2, 0) is 33.3 Å². The van der Waals surface area contributed by atoms with Crippen molar-refractivity contribution < 1.29 is 39.8 Å². The molecular formula is C18H22O8. The molecule has 2 aliphatic carbocycles. The van der Waals surface area contributed by atoms with E-state index in [1.165, 1.54) is 6.92 Å². The van der Waals surface area contributed by atoms with Gasteiger partial charge in [-0.3, -0.25) is 14.4 Å². The van der Waals surface area contributed by atoms with Gasteiger partial charge in [-0.1, -0.05) is 6.92 Å². The summed E-state index contributed by atoms with van der Waals surface area (Å²) in [6, 6.07) is 0. The van der Waals surface area contributed by atoms with E-state index < -0.39 is 59.0 Å². The molecule has 1 N–H and O–H groups in total. The van der Waals surface area contributed by atoms with E-state index >= 15 is 0 Å². The van der Waals surface area contributed by atoms with Gasteiger partial charge in [-0.15, -0.1) is 0 Å². The first-order valence-corrected chi connectivity index (χ1v) is 8.60. The summed E-state index contributed by atoms with van der Waals surface area (Å²) in [5.41, 5.74) is -2.68. The van der Waals surface area contributed by atoms with E-state index in [1.807, 2.05) is 6.92 Å². The van der Waals surface area contributed by atoms with Crippen molar-refractivity contribution in [1.29, 1.82) is 0 Å². The molecule has 1 saturated carbocycles. The van der Waals surface area contributed by atoms with Crippen molar-refractivity contribution in [2.45, 2.75) is 57.2 Å². The maximum Gasteiger partial charge on any atom is 0.302 e. The Labute approximate surface area is 151 Å². The van der Waals surface area contributed by atoms with Crippen LogP contribution in [0.1, 0.15) is 28.6 Å². The standard InChI is InChI=1S/C18H22O8/c1-9-4-12-17(6-23-10(2)20,14(22)13(9)21)16(3)5-11(24-8-19)15(26-12)18(16)7-25-18/h4,8,11-12,14-15,22H,5-7H2,1-3H3/t11-,12-,14-,15-,16-,17-,18+/m1/s1/i8D. The van der Waals surface area contributed by atoms with Crippen LogP contribution in [0, 0.1) is 10.8 Å². The van der Waals surface area contributed by atoms with E-state index in [4.69, 9.17) is 20.3 Å². The fraction of sp³-hybridized carbons (Fsp3) is 0.722. The smallest absolute Gasteiger partial charge is 0.302 e. The van der Waals surface area contributed by atoms with Gasteiger partial charge in [0.2, 0.25) is 0 Å². The Morgan fingerprint density at radius 3 is 2.85 bits per heavy atom. The third-order valence-electron chi connectivity index (χ3n) is 6.86. The minimum Gasteiger partial charge on any atom is -0.465 e. The van der Waals surface area contributed by atoms with E-state index in [-0.39, 0.29) is 13.0 Å². The Hall–Kier alpha value is -1.77. The molecule has 3 fully saturated rings. The summed E-state index contributed by atoms with van der Waals surface area (Å²) >= 11 is 0. The number of hydrogen-bond acceptors (Lipinski definition) is 8. The lowest BCUT2D eigenvalue weighted by molar-refractivity contribution is -0.247. The Morgan fingerprint density at radius 1 is 1.58 bits per heavy atom. The highest BCUT2D eigenvalue weighted by atomic mass is 16.7. The molecule has 7 atom stereocenters. The number of hydrogen-bond donors (Lipinski definition) is 1. The molecule has 4 aliphatic rings. The summed E-state index contributed by atoms with van der Waals surface area (Å²) in [5.74, 6) is -1.00. The predicted octanol–water partition coefficient (Wildman–Crippen LogP) is -0.0862. The zero-order chi connectivity index (χ0) is 19.8. The number of esters is 1. The summed E-state index contributed by atoms with van der Waals surface area (Å²) < 4.78 is 29.6. The topological polar surface area (TPSA) is 112 Å². The predicted molar refractivity (Wildman–Crippen MR) is 84.8 cm³/mol. The highest BCUT2D eigenvalue weighted by Crippen LogP contribution is 2.71. The van der Waals surface area contributed by atoms with E-state index in [2.05, 4.69) is 0 Å². The molecule has 0 aromatic heterocycles. The largest absolute Gasteiger partial charge is 0.465 e. The van der Waals surface area contributed by atoms with Crippen molar-refractivity contribution in [2.24, 2.45) is 10.8 Å². The molecule has 0 aromatic rings. The zero-order valence-corrected chi connectivity index (χ0v) is 14.8. The monoisotopic (exact) mass is 367 g/mol. The Bertz CT molecular complexity index is 758. The van der Waals surface area contributed by atoms with E-state index in [1.54, 1.807) is 13.0 Å². The summed E-state index contributed by atoms with van der Waals surface area (Å²) in [6.07, 6.45) is -2.92. The molecule has 4 rings (SSSR count). The van der Waals surface area contributed by atoms with Gasteiger partial charge in [0.05, 0.1) is 18.1 Å². The summed E-state index contributed by atoms with van der Waals surface area (Å²) in [6.45, 7) is 4.75. The fourth-order valence-electron chi connectivity index (χ4n) is 5.34. The average Bonchev–Trinajstić information content (AvgIpc) is 3.34. The summed E-state index contributed by atoms with van der Waals surface area (Å²) in [5, 5.41) is 11.1. The van der Waals surface area contributed by atoms with Gasteiger partial charge in [0.15, 0.2) is 7.15 Å². The first-order chi connectivity index (χ1) is 12.6. The lowest BCUT2D eigenvalue weighted by Gasteiger charge is -2.58. The number of carbonyl (C=O) groups is 3. The molecule has 2 aliphatic heterocycles. The van der Waals surface area contributed by atoms with Crippen LogP contribution in [0.2, 0.25) is 0 Å². The number of rotatable bonds is 3. The third-order valence-corrected chi connectivity index (χ3v) is 6.86. The van der Waals surface area contributed by atoms with Crippen molar-refractivity contribution in [1.82, 2.24) is 0 Å². The molecule has 0 radical (unpaired) electrons. The van der Waals surface area contributed by atoms with Crippen LogP contribution in [0.4, 0.5) is 0 Å². The van der Waals surface area contributed by atoms with E-state index in [9.17, 15) is 19.5 Å². The lowest BCUT2D eigenvalue weighted by Crippen LogP contribution is -2.70. The van der Waals surface area contributed by atoms with E-state index in [0.717, 1.165) is 0 Å². The molecule has 142 valence electrons. The zero-order valence-electron chi connectivity index (χ0n) is 15.8. The first kappa shape index (κ1) is 16.4. The van der Waals surface area contributed by atoms with Crippen molar-refractivity contribution in [3.8, 4) is 0 Å². The third kappa shape index (κ3) is 1.87. The Morgan fingerprint density at radius 2 is 2.27 bits per heavy atom. The number of aliphatic hydroxyl groups is 1. The Balaban J connectivity index is 1.86. The average molecular weight is 367 g/mol. The molecule has 0 unspecified atom stereocenters. The summed E-state index contributed by atoms with van der Waals surface area (Å²) in [4.78, 5) is 35.5. The second kappa shape index (κ2) is 5.37. The molecule has 1 spiro atoms. The number of ether oxygens (including phenoxy) is 4. The molecular weight excluding hydrogens is 344 g/mol. The van der Waals surface area contributed by atoms with Gasteiger partial charge >= 0.3 is 5.97 Å². The van der Waals surface area contributed by atoms with Crippen LogP contribution in [0.5, 0.6) is 0 Å². The number of fused-ring (bicyclic) bond motifs is 2. The molecule has 2 saturated heterocycles. The van der Waals surface area contributed by atoms with Crippen LogP contribution in [0.3, 0.4) is 0 Å². The minimum absolute atomic E-state index is 0.220. The van der Waals surface area contributed by atoms with Gasteiger partial charge < -0.3 is 24.1 Å². The van der Waals surface area contributed by atoms with Crippen LogP contribution in [-0.4, -0.2) is 66.5 Å². The van der Waals surface area contributed by atoms with Crippen molar-refractivity contribution in [2.75, 3.05) is 13.2 Å². The maximum atomic E-state index is 12.7. The van der Waals surface area contributed by atoms with Crippen LogP contribution in [0.25, 0.3) is 0 Å². The molecule has 0 amide bonds. The lowest BCUT2D eigenvalue weighted by atomic mass is 9.50. The Kier molecular flexibility index (Phi) is 3.39. The van der Waals surface area contributed by atoms with Crippen molar-refractivity contribution in [3.05, 3.63) is 11.6 Å². The number of ketones is 1. The van der Waals surface area contributed by atoms with Gasteiger partial charge in [-0.2, -0.15) is 0 Å². The molecule has 0 aromatic carbocycles. The van der Waals surface area contributed by atoms with Gasteiger partial charge in [0.1, 0.15) is 30.5 Å². The molecule has 2 heterocycles. The molecule has 2 bridgehead atoms. The second-order valence-corrected chi connectivity index (χ2v) is 7.87. The van der Waals surface area contributed by atoms with Crippen molar-refractivity contribution in [3.63, 3.8) is 0 Å². The van der Waals surface area contributed by atoms with Gasteiger partial charge in [-0.05, 0) is 25.0 Å². The van der Waals surface area contributed by atoms with Crippen molar-refractivity contribution >= 4 is 18.2 Å². The van der Waals surface area contributed by atoms with Crippen LogP contribution >= 0.6 is 0 Å². The number of carbonyl (C=O) groups excluding carboxylic acids is 3. The van der Waals surface area contributed by atoms with Crippen LogP contribution < -0.4 is 0 Å².